The summed E-state index contributed by atoms with van der Waals surface area (Å²) in [5.41, 5.74) is 0.224. The fraction of sp³-hybridized carbons (Fsp3) is 0.409. The Bertz CT molecular complexity index is 1120. The molecular formula is C22H25F3N2O6S. The van der Waals surface area contributed by atoms with Crippen molar-refractivity contribution >= 4 is 27.3 Å². The minimum atomic E-state index is -4.91. The average Bonchev–Trinajstić information content (AvgIpc) is 2.73. The first kappa shape index (κ1) is 25.6. The van der Waals surface area contributed by atoms with Gasteiger partial charge in [-0.05, 0) is 43.5 Å². The molecule has 1 heterocycles. The Morgan fingerprint density at radius 1 is 1.18 bits per heavy atom. The molecule has 2 N–H and O–H groups in total. The van der Waals surface area contributed by atoms with E-state index in [0.29, 0.717) is 25.3 Å². The minimum Gasteiger partial charge on any atom is -0.492 e. The van der Waals surface area contributed by atoms with Crippen LogP contribution in [0.5, 0.6) is 11.5 Å². The SMILES string of the molecule is CCOc1cc(NC(=O)[C@H]2CCOC[C@@H]2C)ccc1S(=O)(=O)Nc1cccc(OC(F)(F)F)c1. The van der Waals surface area contributed by atoms with Crippen LogP contribution in [-0.4, -0.2) is 40.5 Å². The molecule has 0 aliphatic carbocycles. The maximum Gasteiger partial charge on any atom is 0.573 e. The van der Waals surface area contributed by atoms with Gasteiger partial charge in [0.15, 0.2) is 0 Å². The van der Waals surface area contributed by atoms with Crippen LogP contribution in [0.15, 0.2) is 47.4 Å². The summed E-state index contributed by atoms with van der Waals surface area (Å²) in [4.78, 5) is 12.4. The summed E-state index contributed by atoms with van der Waals surface area (Å²) < 4.78 is 80.2. The summed E-state index contributed by atoms with van der Waals surface area (Å²) in [6, 6.07) is 8.53. The van der Waals surface area contributed by atoms with Gasteiger partial charge < -0.3 is 19.5 Å². The Kier molecular flexibility index (Phi) is 7.93. The highest BCUT2D eigenvalue weighted by Crippen LogP contribution is 2.32. The zero-order valence-electron chi connectivity index (χ0n) is 18.5. The summed E-state index contributed by atoms with van der Waals surface area (Å²) in [6.45, 7) is 4.71. The Hall–Kier alpha value is -2.99. The van der Waals surface area contributed by atoms with Crippen LogP contribution >= 0.6 is 0 Å². The molecule has 2 atom stereocenters. The minimum absolute atomic E-state index is 0.0180. The second-order valence-corrected chi connectivity index (χ2v) is 9.36. The second-order valence-electron chi connectivity index (χ2n) is 7.71. The maximum absolute atomic E-state index is 13.0. The van der Waals surface area contributed by atoms with E-state index < -0.39 is 22.1 Å². The highest BCUT2D eigenvalue weighted by Gasteiger charge is 2.31. The number of nitrogens with one attached hydrogen (secondary N) is 2. The lowest BCUT2D eigenvalue weighted by atomic mass is 9.89. The number of carbonyl (C=O) groups is 1. The normalized spacial score (nSPS) is 18.7. The van der Waals surface area contributed by atoms with Crippen molar-refractivity contribution in [3.63, 3.8) is 0 Å². The van der Waals surface area contributed by atoms with Crippen LogP contribution in [0.2, 0.25) is 0 Å². The number of alkyl halides is 3. The third-order valence-corrected chi connectivity index (χ3v) is 6.52. The van der Waals surface area contributed by atoms with E-state index in [1.54, 1.807) is 6.92 Å². The van der Waals surface area contributed by atoms with Crippen molar-refractivity contribution in [1.82, 2.24) is 0 Å². The van der Waals surface area contributed by atoms with E-state index in [4.69, 9.17) is 9.47 Å². The van der Waals surface area contributed by atoms with E-state index in [2.05, 4.69) is 14.8 Å². The van der Waals surface area contributed by atoms with Crippen LogP contribution in [0.1, 0.15) is 20.3 Å². The molecule has 8 nitrogen and oxygen atoms in total. The van der Waals surface area contributed by atoms with Gasteiger partial charge in [-0.3, -0.25) is 9.52 Å². The lowest BCUT2D eigenvalue weighted by Gasteiger charge is -2.27. The quantitative estimate of drug-likeness (QED) is 0.555. The van der Waals surface area contributed by atoms with E-state index in [1.807, 2.05) is 6.92 Å². The molecule has 0 bridgehead atoms. The predicted octanol–water partition coefficient (Wildman–Crippen LogP) is 4.40. The zero-order chi connectivity index (χ0) is 24.9. The number of halogens is 3. The predicted molar refractivity (Wildman–Crippen MR) is 118 cm³/mol. The van der Waals surface area contributed by atoms with Gasteiger partial charge in [0.2, 0.25) is 5.91 Å². The number of amides is 1. The molecule has 0 saturated carbocycles. The zero-order valence-corrected chi connectivity index (χ0v) is 19.3. The van der Waals surface area contributed by atoms with Gasteiger partial charge in [0.1, 0.15) is 16.4 Å². The fourth-order valence-electron chi connectivity index (χ4n) is 3.55. The summed E-state index contributed by atoms with van der Waals surface area (Å²) in [5, 5.41) is 2.79. The molecule has 3 rings (SSSR count). The molecule has 1 amide bonds. The topological polar surface area (TPSA) is 103 Å². The van der Waals surface area contributed by atoms with Crippen molar-refractivity contribution in [2.24, 2.45) is 11.8 Å². The van der Waals surface area contributed by atoms with Gasteiger partial charge >= 0.3 is 6.36 Å². The van der Waals surface area contributed by atoms with Crippen molar-refractivity contribution in [2.75, 3.05) is 29.9 Å². The highest BCUT2D eigenvalue weighted by molar-refractivity contribution is 7.92. The molecule has 2 aromatic rings. The van der Waals surface area contributed by atoms with Crippen molar-refractivity contribution in [3.05, 3.63) is 42.5 Å². The highest BCUT2D eigenvalue weighted by atomic mass is 32.2. The van der Waals surface area contributed by atoms with Crippen molar-refractivity contribution in [2.45, 2.75) is 31.5 Å². The van der Waals surface area contributed by atoms with Gasteiger partial charge in [0, 0.05) is 37.0 Å². The van der Waals surface area contributed by atoms with Crippen LogP contribution in [0.25, 0.3) is 0 Å². The van der Waals surface area contributed by atoms with E-state index in [0.717, 1.165) is 12.1 Å². The van der Waals surface area contributed by atoms with Gasteiger partial charge in [-0.1, -0.05) is 13.0 Å². The molecular weight excluding hydrogens is 477 g/mol. The number of sulfonamides is 1. The van der Waals surface area contributed by atoms with Crippen LogP contribution in [-0.2, 0) is 19.6 Å². The first-order valence-corrected chi connectivity index (χ1v) is 12.0. The van der Waals surface area contributed by atoms with Crippen molar-refractivity contribution in [1.29, 1.82) is 0 Å². The molecule has 12 heteroatoms. The molecule has 1 saturated heterocycles. The number of hydrogen-bond donors (Lipinski definition) is 2. The first-order valence-electron chi connectivity index (χ1n) is 10.5. The van der Waals surface area contributed by atoms with Crippen LogP contribution in [0, 0.1) is 11.8 Å². The Morgan fingerprint density at radius 2 is 1.94 bits per heavy atom. The monoisotopic (exact) mass is 502 g/mol. The van der Waals surface area contributed by atoms with Crippen LogP contribution < -0.4 is 19.5 Å². The molecule has 0 aromatic heterocycles. The standard InChI is InChI=1S/C22H25F3N2O6S/c1-3-32-19-12-15(26-21(28)18-9-10-31-13-14(18)2)7-8-20(19)34(29,30)27-16-5-4-6-17(11-16)33-22(23,24)25/h4-8,11-12,14,18,27H,3,9-10,13H2,1-2H3,(H,26,28)/t14-,18-/m0/s1. The molecule has 1 aliphatic rings. The number of rotatable bonds is 8. The summed E-state index contributed by atoms with van der Waals surface area (Å²) in [6.07, 6.45) is -4.33. The number of carbonyl (C=O) groups excluding carboxylic acids is 1. The second kappa shape index (κ2) is 10.5. The van der Waals surface area contributed by atoms with Crippen LogP contribution in [0.3, 0.4) is 0 Å². The van der Waals surface area contributed by atoms with E-state index in [1.165, 1.54) is 30.3 Å². The molecule has 0 unspecified atom stereocenters. The number of hydrogen-bond acceptors (Lipinski definition) is 6. The van der Waals surface area contributed by atoms with Crippen LogP contribution in [0.4, 0.5) is 24.5 Å². The molecule has 34 heavy (non-hydrogen) atoms. The lowest BCUT2D eigenvalue weighted by Crippen LogP contribution is -2.35. The van der Waals surface area contributed by atoms with Crippen molar-refractivity contribution < 1.29 is 40.6 Å². The fourth-order valence-corrected chi connectivity index (χ4v) is 4.72. The molecule has 186 valence electrons. The first-order chi connectivity index (χ1) is 16.0. The molecule has 0 spiro atoms. The largest absolute Gasteiger partial charge is 0.573 e. The average molecular weight is 503 g/mol. The summed E-state index contributed by atoms with van der Waals surface area (Å²) in [5.74, 6) is -0.983. The van der Waals surface area contributed by atoms with E-state index in [9.17, 15) is 26.4 Å². The van der Waals surface area contributed by atoms with Gasteiger partial charge in [0.05, 0.1) is 12.3 Å². The number of benzene rings is 2. The Morgan fingerprint density at radius 3 is 2.62 bits per heavy atom. The molecule has 0 radical (unpaired) electrons. The Balaban J connectivity index is 1.81. The Labute approximate surface area is 195 Å². The summed E-state index contributed by atoms with van der Waals surface area (Å²) >= 11 is 0. The maximum atomic E-state index is 13.0. The third kappa shape index (κ3) is 6.76. The van der Waals surface area contributed by atoms with Gasteiger partial charge in [-0.2, -0.15) is 0 Å². The lowest BCUT2D eigenvalue weighted by molar-refractivity contribution is -0.274. The van der Waals surface area contributed by atoms with Gasteiger partial charge in [-0.25, -0.2) is 8.42 Å². The molecule has 1 aliphatic heterocycles. The smallest absolute Gasteiger partial charge is 0.492 e. The summed E-state index contributed by atoms with van der Waals surface area (Å²) in [7, 11) is -4.24. The van der Waals surface area contributed by atoms with E-state index in [-0.39, 0.29) is 40.7 Å². The van der Waals surface area contributed by atoms with E-state index >= 15 is 0 Å². The third-order valence-electron chi connectivity index (χ3n) is 5.10. The number of ether oxygens (including phenoxy) is 3. The van der Waals surface area contributed by atoms with Gasteiger partial charge in [-0.15, -0.1) is 13.2 Å². The molecule has 1 fully saturated rings. The van der Waals surface area contributed by atoms with Crippen molar-refractivity contribution in [3.8, 4) is 11.5 Å². The van der Waals surface area contributed by atoms with Gasteiger partial charge in [0.25, 0.3) is 10.0 Å². The molecule has 2 aromatic carbocycles. The number of anilines is 2.